The van der Waals surface area contributed by atoms with Crippen molar-refractivity contribution in [2.45, 2.75) is 11.2 Å². The summed E-state index contributed by atoms with van der Waals surface area (Å²) in [5, 5.41) is 4.63. The first kappa shape index (κ1) is 18.9. The first-order valence-corrected chi connectivity index (χ1v) is 9.26. The maximum atomic E-state index is 12.9. The highest BCUT2D eigenvalue weighted by Crippen LogP contribution is 2.41. The number of nitrogens with two attached hydrogens (primary N) is 1. The molecule has 0 spiro atoms. The minimum absolute atomic E-state index is 0.108. The Morgan fingerprint density at radius 1 is 1.08 bits per heavy atom. The van der Waals surface area contributed by atoms with Crippen LogP contribution in [0.1, 0.15) is 5.56 Å². The van der Waals surface area contributed by atoms with E-state index in [2.05, 4.69) is 5.10 Å². The molecule has 136 valence electrons. The van der Waals surface area contributed by atoms with Crippen LogP contribution in [-0.2, 0) is 6.18 Å². The van der Waals surface area contributed by atoms with Gasteiger partial charge in [0.05, 0.1) is 21.2 Å². The first-order valence-electron chi connectivity index (χ1n) is 7.28. The van der Waals surface area contributed by atoms with E-state index in [1.807, 2.05) is 36.6 Å². The second-order valence-corrected chi connectivity index (χ2v) is 6.94. The van der Waals surface area contributed by atoms with E-state index < -0.39 is 11.7 Å². The van der Waals surface area contributed by atoms with Gasteiger partial charge in [0.25, 0.3) is 0 Å². The Bertz CT molecular complexity index is 933. The molecule has 0 bridgehead atoms. The summed E-state index contributed by atoms with van der Waals surface area (Å²) < 4.78 is 40.1. The van der Waals surface area contributed by atoms with Gasteiger partial charge in [-0.05, 0) is 24.0 Å². The van der Waals surface area contributed by atoms with Crippen LogP contribution in [0.5, 0.6) is 0 Å². The third-order valence-electron chi connectivity index (χ3n) is 3.70. The molecule has 1 heterocycles. The Labute approximate surface area is 161 Å². The van der Waals surface area contributed by atoms with E-state index in [9.17, 15) is 13.2 Å². The molecule has 26 heavy (non-hydrogen) atoms. The predicted molar refractivity (Wildman–Crippen MR) is 100 cm³/mol. The van der Waals surface area contributed by atoms with Crippen LogP contribution in [0.15, 0.2) is 47.5 Å². The highest BCUT2D eigenvalue weighted by molar-refractivity contribution is 7.98. The van der Waals surface area contributed by atoms with E-state index >= 15 is 0 Å². The summed E-state index contributed by atoms with van der Waals surface area (Å²) in [6, 6.07) is 10.9. The van der Waals surface area contributed by atoms with Gasteiger partial charge in [-0.3, -0.25) is 0 Å². The molecular weight excluding hydrogens is 406 g/mol. The quantitative estimate of drug-likeness (QED) is 0.518. The number of benzene rings is 2. The lowest BCUT2D eigenvalue weighted by Gasteiger charge is -2.13. The van der Waals surface area contributed by atoms with E-state index in [1.54, 1.807) is 0 Å². The Balaban J connectivity index is 2.22. The minimum atomic E-state index is -4.55. The molecule has 0 fully saturated rings. The molecular formula is C17H12Cl2F3N3S. The summed E-state index contributed by atoms with van der Waals surface area (Å²) in [4.78, 5) is 0. The normalized spacial score (nSPS) is 11.8. The van der Waals surface area contributed by atoms with E-state index in [0.717, 1.165) is 17.7 Å². The average Bonchev–Trinajstić information content (AvgIpc) is 2.91. The van der Waals surface area contributed by atoms with Gasteiger partial charge in [0.1, 0.15) is 16.5 Å². The molecule has 0 radical (unpaired) electrons. The third-order valence-corrected chi connectivity index (χ3v) is 4.95. The number of anilines is 1. The van der Waals surface area contributed by atoms with Gasteiger partial charge in [-0.25, -0.2) is 4.68 Å². The molecule has 3 nitrogen and oxygen atoms in total. The fourth-order valence-electron chi connectivity index (χ4n) is 2.53. The van der Waals surface area contributed by atoms with Gasteiger partial charge >= 0.3 is 6.18 Å². The third kappa shape index (κ3) is 3.39. The summed E-state index contributed by atoms with van der Waals surface area (Å²) in [5.74, 6) is 0.240. The van der Waals surface area contributed by atoms with Gasteiger partial charge in [0.15, 0.2) is 0 Å². The largest absolute Gasteiger partial charge is 0.416 e. The van der Waals surface area contributed by atoms with Crippen molar-refractivity contribution >= 4 is 40.8 Å². The summed E-state index contributed by atoms with van der Waals surface area (Å²) in [7, 11) is 0. The molecule has 1 aromatic heterocycles. The average molecular weight is 418 g/mol. The van der Waals surface area contributed by atoms with Crippen LogP contribution in [0, 0.1) is 0 Å². The molecule has 2 aromatic carbocycles. The maximum absolute atomic E-state index is 12.9. The topological polar surface area (TPSA) is 43.8 Å². The van der Waals surface area contributed by atoms with Gasteiger partial charge < -0.3 is 5.73 Å². The second-order valence-electron chi connectivity index (χ2n) is 5.33. The zero-order chi connectivity index (χ0) is 19.1. The number of aromatic nitrogens is 2. The van der Waals surface area contributed by atoms with Gasteiger partial charge in [0, 0.05) is 0 Å². The molecule has 3 rings (SSSR count). The minimum Gasteiger partial charge on any atom is -0.383 e. The Kier molecular flexibility index (Phi) is 5.14. The van der Waals surface area contributed by atoms with Crippen molar-refractivity contribution in [1.29, 1.82) is 0 Å². The monoisotopic (exact) mass is 417 g/mol. The van der Waals surface area contributed by atoms with Crippen molar-refractivity contribution in [2.75, 3.05) is 12.0 Å². The summed E-state index contributed by atoms with van der Waals surface area (Å²) in [6.07, 6.45) is -2.73. The van der Waals surface area contributed by atoms with E-state index in [1.165, 1.54) is 16.4 Å². The first-order chi connectivity index (χ1) is 12.2. The highest BCUT2D eigenvalue weighted by Gasteiger charge is 2.32. The molecule has 0 aliphatic carbocycles. The zero-order valence-corrected chi connectivity index (χ0v) is 15.6. The molecule has 0 unspecified atom stereocenters. The van der Waals surface area contributed by atoms with Crippen LogP contribution in [0.25, 0.3) is 16.8 Å². The summed E-state index contributed by atoms with van der Waals surface area (Å²) >= 11 is 13.5. The van der Waals surface area contributed by atoms with Crippen LogP contribution in [0.4, 0.5) is 19.0 Å². The number of thioether (sulfide) groups is 1. The fraction of sp³-hybridized carbons (Fsp3) is 0.118. The van der Waals surface area contributed by atoms with Crippen molar-refractivity contribution < 1.29 is 13.2 Å². The van der Waals surface area contributed by atoms with Crippen molar-refractivity contribution in [2.24, 2.45) is 0 Å². The van der Waals surface area contributed by atoms with Gasteiger partial charge in [-0.2, -0.15) is 18.3 Å². The lowest BCUT2D eigenvalue weighted by atomic mass is 10.1. The lowest BCUT2D eigenvalue weighted by Crippen LogP contribution is -2.08. The Morgan fingerprint density at radius 2 is 1.65 bits per heavy atom. The smallest absolute Gasteiger partial charge is 0.383 e. The molecule has 0 amide bonds. The molecule has 0 saturated heterocycles. The lowest BCUT2D eigenvalue weighted by molar-refractivity contribution is -0.137. The van der Waals surface area contributed by atoms with Crippen molar-refractivity contribution in [3.05, 3.63) is 58.1 Å². The standard InChI is InChI=1S/C17H12Cl2F3N3S/c1-26-16-13(9-5-3-2-4-6-9)15(23)25(24-16)14-11(18)7-10(8-12(14)19)17(20,21)22/h2-8H,23H2,1H3. The number of halogens is 5. The number of hydrogen-bond donors (Lipinski definition) is 1. The highest BCUT2D eigenvalue weighted by atomic mass is 35.5. The molecule has 0 atom stereocenters. The van der Waals surface area contributed by atoms with E-state index in [4.69, 9.17) is 28.9 Å². The van der Waals surface area contributed by atoms with Gasteiger partial charge in [-0.1, -0.05) is 53.5 Å². The van der Waals surface area contributed by atoms with Crippen LogP contribution >= 0.6 is 35.0 Å². The van der Waals surface area contributed by atoms with Gasteiger partial charge in [-0.15, -0.1) is 11.8 Å². The van der Waals surface area contributed by atoms with Crippen molar-refractivity contribution in [1.82, 2.24) is 9.78 Å². The second kappa shape index (κ2) is 7.06. The van der Waals surface area contributed by atoms with E-state index in [0.29, 0.717) is 10.6 Å². The molecule has 2 N–H and O–H groups in total. The van der Waals surface area contributed by atoms with Crippen LogP contribution in [0.2, 0.25) is 10.0 Å². The molecule has 0 aliphatic heterocycles. The molecule has 9 heteroatoms. The maximum Gasteiger partial charge on any atom is 0.416 e. The number of hydrogen-bond acceptors (Lipinski definition) is 3. The number of nitrogens with zero attached hydrogens (tertiary/aromatic N) is 2. The number of rotatable bonds is 3. The van der Waals surface area contributed by atoms with Crippen LogP contribution < -0.4 is 5.73 Å². The Morgan fingerprint density at radius 3 is 2.15 bits per heavy atom. The molecule has 3 aromatic rings. The van der Waals surface area contributed by atoms with Crippen molar-refractivity contribution in [3.8, 4) is 16.8 Å². The predicted octanol–water partition coefficient (Wildman–Crippen LogP) is 6.17. The van der Waals surface area contributed by atoms with Crippen LogP contribution in [-0.4, -0.2) is 16.0 Å². The SMILES string of the molecule is CSc1nn(-c2c(Cl)cc(C(F)(F)F)cc2Cl)c(N)c1-c1ccccc1. The fourth-order valence-corrected chi connectivity index (χ4v) is 3.77. The Hall–Kier alpha value is -1.83. The number of alkyl halides is 3. The molecule has 0 saturated carbocycles. The number of nitrogen functional groups attached to an aromatic ring is 1. The van der Waals surface area contributed by atoms with Crippen LogP contribution in [0.3, 0.4) is 0 Å². The summed E-state index contributed by atoms with van der Waals surface area (Å²) in [6.45, 7) is 0. The zero-order valence-electron chi connectivity index (χ0n) is 13.3. The van der Waals surface area contributed by atoms with E-state index in [-0.39, 0.29) is 21.6 Å². The molecule has 0 aliphatic rings. The summed E-state index contributed by atoms with van der Waals surface area (Å²) in [5.41, 5.74) is 6.93. The van der Waals surface area contributed by atoms with Gasteiger partial charge in [0.2, 0.25) is 0 Å². The van der Waals surface area contributed by atoms with Crippen molar-refractivity contribution in [3.63, 3.8) is 0 Å².